The number of likely N-dealkylation sites (tertiary alicyclic amines) is 1. The van der Waals surface area contributed by atoms with E-state index in [4.69, 9.17) is 16.6 Å². The van der Waals surface area contributed by atoms with Crippen LogP contribution in [0.3, 0.4) is 0 Å². The van der Waals surface area contributed by atoms with Gasteiger partial charge in [0.15, 0.2) is 0 Å². The number of nitrogens with zero attached hydrogens (tertiary/aromatic N) is 4. The van der Waals surface area contributed by atoms with Crippen molar-refractivity contribution >= 4 is 40.2 Å². The number of carbonyl (C=O) groups excluding carboxylic acids is 2. The van der Waals surface area contributed by atoms with E-state index >= 15 is 0 Å². The molecule has 3 heterocycles. The monoisotopic (exact) mass is 487 g/mol. The molecule has 1 aromatic heterocycles. The second-order valence-corrected chi connectivity index (χ2v) is 10.9. The molecule has 35 heavy (non-hydrogen) atoms. The van der Waals surface area contributed by atoms with Gasteiger partial charge in [-0.15, -0.1) is 0 Å². The molecular formula is C27H26ClN5O2. The van der Waals surface area contributed by atoms with E-state index in [1.54, 1.807) is 0 Å². The maximum Gasteiger partial charge on any atom is 0.256 e. The van der Waals surface area contributed by atoms with Gasteiger partial charge in [-0.05, 0) is 61.4 Å². The molecule has 7 nitrogen and oxygen atoms in total. The van der Waals surface area contributed by atoms with Crippen LogP contribution in [-0.2, 0) is 9.59 Å². The molecule has 3 fully saturated rings. The van der Waals surface area contributed by atoms with Gasteiger partial charge in [-0.25, -0.2) is 0 Å². The van der Waals surface area contributed by atoms with Gasteiger partial charge in [0.25, 0.3) is 5.91 Å². The van der Waals surface area contributed by atoms with Crippen molar-refractivity contribution in [2.75, 3.05) is 19.6 Å². The summed E-state index contributed by atoms with van der Waals surface area (Å²) in [7, 11) is 0. The number of amides is 2. The summed E-state index contributed by atoms with van der Waals surface area (Å²) < 4.78 is 0. The van der Waals surface area contributed by atoms with Crippen molar-refractivity contribution in [3.05, 3.63) is 52.7 Å². The Morgan fingerprint density at radius 2 is 1.89 bits per heavy atom. The molecule has 178 valence electrons. The molecule has 0 unspecified atom stereocenters. The first kappa shape index (κ1) is 21.1. The lowest BCUT2D eigenvalue weighted by Gasteiger charge is -2.41. The van der Waals surface area contributed by atoms with Gasteiger partial charge in [0.1, 0.15) is 16.5 Å². The average molecular weight is 488 g/mol. The third kappa shape index (κ3) is 3.39. The predicted molar refractivity (Wildman–Crippen MR) is 134 cm³/mol. The van der Waals surface area contributed by atoms with Gasteiger partial charge >= 0.3 is 0 Å². The number of amidine groups is 1. The van der Waals surface area contributed by atoms with E-state index < -0.39 is 5.54 Å². The summed E-state index contributed by atoms with van der Waals surface area (Å²) >= 11 is 6.25. The van der Waals surface area contributed by atoms with Gasteiger partial charge in [-0.2, -0.15) is 5.10 Å². The molecular weight excluding hydrogens is 462 g/mol. The summed E-state index contributed by atoms with van der Waals surface area (Å²) in [6.45, 7) is 4.20. The number of benzene rings is 2. The zero-order valence-corrected chi connectivity index (χ0v) is 20.3. The van der Waals surface area contributed by atoms with E-state index in [-0.39, 0.29) is 11.8 Å². The fraction of sp³-hybridized carbons (Fsp3) is 0.407. The number of nitrogens with one attached hydrogen (secondary N) is 1. The Morgan fingerprint density at radius 1 is 1.14 bits per heavy atom. The SMILES string of the molecule is Cc1cc(-c2ccc3n[nH]c(Cl)c3c2)ccc1C1=NC2(CC2)C(=O)N1CC1CN(C(=O)C2CC2)C1. The molecule has 0 radical (unpaired) electrons. The minimum absolute atomic E-state index is 0.128. The van der Waals surface area contributed by atoms with Gasteiger partial charge in [0, 0.05) is 42.4 Å². The summed E-state index contributed by atoms with van der Waals surface area (Å²) in [5.74, 6) is 1.78. The Labute approximate surface area is 208 Å². The smallest absolute Gasteiger partial charge is 0.256 e. The Hall–Kier alpha value is -3.19. The number of aromatic nitrogens is 2. The molecule has 7 rings (SSSR count). The molecule has 0 bridgehead atoms. The molecule has 2 saturated carbocycles. The number of carbonyl (C=O) groups is 2. The fourth-order valence-electron chi connectivity index (χ4n) is 5.44. The van der Waals surface area contributed by atoms with Crippen LogP contribution in [-0.4, -0.2) is 62.8 Å². The summed E-state index contributed by atoms with van der Waals surface area (Å²) in [4.78, 5) is 34.4. The van der Waals surface area contributed by atoms with E-state index in [0.717, 1.165) is 77.8 Å². The fourth-order valence-corrected chi connectivity index (χ4v) is 5.64. The van der Waals surface area contributed by atoms with Crippen LogP contribution in [0.15, 0.2) is 41.4 Å². The Bertz CT molecular complexity index is 1430. The standard InChI is InChI=1S/C27H26ClN5O2/c1-15-10-18(19-5-7-22-21(11-19)23(28)31-30-22)4-6-20(15)24-29-27(8-9-27)26(35)33(24)14-16-12-32(13-16)25(34)17-2-3-17/h4-7,10-11,16-17H,2-3,8-9,12-14H2,1H3,(H,30,31). The number of aryl methyl sites for hydroxylation is 1. The molecule has 8 heteroatoms. The van der Waals surface area contributed by atoms with Crippen LogP contribution >= 0.6 is 11.6 Å². The van der Waals surface area contributed by atoms with Crippen molar-refractivity contribution in [2.45, 2.75) is 38.1 Å². The Balaban J connectivity index is 1.15. The second kappa shape index (κ2) is 7.40. The van der Waals surface area contributed by atoms with Crippen molar-refractivity contribution in [1.82, 2.24) is 20.0 Å². The summed E-state index contributed by atoms with van der Waals surface area (Å²) in [5, 5.41) is 8.45. The normalized spacial score (nSPS) is 21.1. The van der Waals surface area contributed by atoms with E-state index in [9.17, 15) is 9.59 Å². The van der Waals surface area contributed by atoms with Crippen molar-refractivity contribution in [3.63, 3.8) is 0 Å². The highest BCUT2D eigenvalue weighted by Crippen LogP contribution is 2.46. The number of hydrogen-bond acceptors (Lipinski definition) is 4. The lowest BCUT2D eigenvalue weighted by atomic mass is 9.96. The summed E-state index contributed by atoms with van der Waals surface area (Å²) in [5.41, 5.74) is 4.51. The van der Waals surface area contributed by atoms with Crippen molar-refractivity contribution in [1.29, 1.82) is 0 Å². The highest BCUT2D eigenvalue weighted by atomic mass is 35.5. The lowest BCUT2D eigenvalue weighted by Crippen LogP contribution is -2.55. The van der Waals surface area contributed by atoms with Gasteiger partial charge < -0.3 is 4.90 Å². The molecule has 2 amide bonds. The van der Waals surface area contributed by atoms with Crippen LogP contribution < -0.4 is 0 Å². The second-order valence-electron chi connectivity index (χ2n) is 10.6. The van der Waals surface area contributed by atoms with Crippen LogP contribution in [0, 0.1) is 18.8 Å². The molecule has 4 aliphatic rings. The van der Waals surface area contributed by atoms with Gasteiger partial charge in [-0.1, -0.05) is 35.9 Å². The highest BCUT2D eigenvalue weighted by molar-refractivity contribution is 6.34. The van der Waals surface area contributed by atoms with Crippen LogP contribution in [0.25, 0.3) is 22.0 Å². The molecule has 1 spiro atoms. The third-order valence-electron chi connectivity index (χ3n) is 7.89. The molecule has 0 atom stereocenters. The Morgan fingerprint density at radius 3 is 2.60 bits per heavy atom. The third-order valence-corrected chi connectivity index (χ3v) is 8.17. The quantitative estimate of drug-likeness (QED) is 0.586. The molecule has 2 aliphatic carbocycles. The van der Waals surface area contributed by atoms with Crippen LogP contribution in [0.1, 0.15) is 36.8 Å². The zero-order valence-electron chi connectivity index (χ0n) is 19.6. The first-order valence-corrected chi connectivity index (χ1v) is 12.8. The van der Waals surface area contributed by atoms with E-state index in [2.05, 4.69) is 35.3 Å². The lowest BCUT2D eigenvalue weighted by molar-refractivity contribution is -0.139. The molecule has 2 aliphatic heterocycles. The Kier molecular flexibility index (Phi) is 4.47. The topological polar surface area (TPSA) is 81.7 Å². The predicted octanol–water partition coefficient (Wildman–Crippen LogP) is 4.18. The van der Waals surface area contributed by atoms with E-state index in [1.807, 2.05) is 28.0 Å². The number of aromatic amines is 1. The number of H-pyrrole nitrogens is 1. The van der Waals surface area contributed by atoms with E-state index in [1.165, 1.54) is 0 Å². The molecule has 2 aromatic carbocycles. The van der Waals surface area contributed by atoms with Gasteiger partial charge in [0.05, 0.1) is 5.52 Å². The number of fused-ring (bicyclic) bond motifs is 1. The number of aliphatic imine (C=N–C) groups is 1. The van der Waals surface area contributed by atoms with Crippen LogP contribution in [0.4, 0.5) is 0 Å². The maximum absolute atomic E-state index is 13.3. The minimum Gasteiger partial charge on any atom is -0.342 e. The zero-order chi connectivity index (χ0) is 23.9. The van der Waals surface area contributed by atoms with Gasteiger partial charge in [0.2, 0.25) is 5.91 Å². The van der Waals surface area contributed by atoms with Crippen LogP contribution in [0.5, 0.6) is 0 Å². The highest BCUT2D eigenvalue weighted by Gasteiger charge is 2.58. The van der Waals surface area contributed by atoms with Gasteiger partial charge in [-0.3, -0.25) is 24.6 Å². The summed E-state index contributed by atoms with van der Waals surface area (Å²) in [6, 6.07) is 12.4. The van der Waals surface area contributed by atoms with Crippen LogP contribution in [0.2, 0.25) is 5.15 Å². The summed E-state index contributed by atoms with van der Waals surface area (Å²) in [6.07, 6.45) is 3.71. The number of rotatable bonds is 5. The molecule has 3 aromatic rings. The average Bonchev–Trinajstić information content (AvgIpc) is 3.75. The largest absolute Gasteiger partial charge is 0.342 e. The number of halogens is 1. The van der Waals surface area contributed by atoms with Crippen molar-refractivity contribution < 1.29 is 9.59 Å². The first-order chi connectivity index (χ1) is 16.9. The van der Waals surface area contributed by atoms with Crippen molar-refractivity contribution in [2.24, 2.45) is 16.8 Å². The first-order valence-electron chi connectivity index (χ1n) is 12.4. The molecule has 1 N–H and O–H groups in total. The minimum atomic E-state index is -0.545. The van der Waals surface area contributed by atoms with Crippen molar-refractivity contribution in [3.8, 4) is 11.1 Å². The maximum atomic E-state index is 13.3. The molecule has 1 saturated heterocycles. The number of hydrogen-bond donors (Lipinski definition) is 1. The van der Waals surface area contributed by atoms with E-state index in [0.29, 0.717) is 23.5 Å².